The van der Waals surface area contributed by atoms with Crippen molar-refractivity contribution in [2.75, 3.05) is 32.7 Å². The van der Waals surface area contributed by atoms with Crippen molar-refractivity contribution in [2.24, 2.45) is 5.92 Å². The largest absolute Gasteiger partial charge is 0.325 e. The highest BCUT2D eigenvalue weighted by atomic mass is 15.3. The van der Waals surface area contributed by atoms with E-state index in [2.05, 4.69) is 12.2 Å². The van der Waals surface area contributed by atoms with E-state index in [0.717, 1.165) is 12.0 Å². The molecular formula is C18H34N2+2. The Morgan fingerprint density at radius 3 is 2.20 bits per heavy atom. The topological polar surface area (TPSA) is 8.88 Å². The quantitative estimate of drug-likeness (QED) is 0.559. The lowest BCUT2D eigenvalue weighted by molar-refractivity contribution is -1.02. The minimum atomic E-state index is 0.981. The summed E-state index contributed by atoms with van der Waals surface area (Å²) < 4.78 is 0. The number of rotatable bonds is 3. The Labute approximate surface area is 125 Å². The van der Waals surface area contributed by atoms with Gasteiger partial charge in [-0.15, -0.1) is 0 Å². The Morgan fingerprint density at radius 1 is 0.800 bits per heavy atom. The second-order valence-electron chi connectivity index (χ2n) is 7.45. The van der Waals surface area contributed by atoms with E-state index in [4.69, 9.17) is 0 Å². The molecule has 20 heavy (non-hydrogen) atoms. The molecule has 3 aliphatic rings. The Hall–Kier alpha value is -0.340. The zero-order valence-corrected chi connectivity index (χ0v) is 13.2. The molecule has 0 bridgehead atoms. The van der Waals surface area contributed by atoms with Crippen LogP contribution in [0, 0.1) is 5.92 Å². The molecule has 0 radical (unpaired) electrons. The van der Waals surface area contributed by atoms with Crippen LogP contribution < -0.4 is 9.80 Å². The molecule has 1 heterocycles. The average molecular weight is 278 g/mol. The van der Waals surface area contributed by atoms with Crippen LogP contribution >= 0.6 is 0 Å². The first-order valence-corrected chi connectivity index (χ1v) is 9.25. The monoisotopic (exact) mass is 278 g/mol. The standard InChI is InChI=1S/C18H32N2/c1-2-7-11-18(10-6-1)20-14-12-19(13-15-20)16-17-8-4-3-5-9-17/h3-4,17-18H,1-2,5-16H2/p+2. The first-order valence-electron chi connectivity index (χ1n) is 9.25. The van der Waals surface area contributed by atoms with E-state index in [1.54, 1.807) is 0 Å². The number of allylic oxidation sites excluding steroid dienone is 2. The van der Waals surface area contributed by atoms with E-state index in [0.29, 0.717) is 0 Å². The van der Waals surface area contributed by atoms with Gasteiger partial charge in [-0.25, -0.2) is 0 Å². The predicted molar refractivity (Wildman–Crippen MR) is 84.2 cm³/mol. The molecule has 1 aliphatic heterocycles. The summed E-state index contributed by atoms with van der Waals surface area (Å²) in [4.78, 5) is 3.86. The lowest BCUT2D eigenvalue weighted by atomic mass is 9.93. The van der Waals surface area contributed by atoms with E-state index in [-0.39, 0.29) is 0 Å². The molecular weight excluding hydrogens is 244 g/mol. The Bertz CT molecular complexity index is 297. The van der Waals surface area contributed by atoms with Crippen molar-refractivity contribution < 1.29 is 9.80 Å². The van der Waals surface area contributed by atoms with Crippen LogP contribution in [0.2, 0.25) is 0 Å². The number of hydrogen-bond acceptors (Lipinski definition) is 0. The number of nitrogens with one attached hydrogen (secondary N) is 2. The van der Waals surface area contributed by atoms with Crippen LogP contribution in [0.1, 0.15) is 57.8 Å². The zero-order valence-electron chi connectivity index (χ0n) is 13.2. The van der Waals surface area contributed by atoms with Crippen LogP contribution in [0.4, 0.5) is 0 Å². The van der Waals surface area contributed by atoms with Crippen molar-refractivity contribution >= 4 is 0 Å². The first kappa shape index (κ1) is 14.6. The molecule has 0 aromatic carbocycles. The van der Waals surface area contributed by atoms with Crippen molar-refractivity contribution in [1.29, 1.82) is 0 Å². The van der Waals surface area contributed by atoms with Gasteiger partial charge in [-0.1, -0.05) is 25.0 Å². The molecule has 0 aromatic rings. The Kier molecular flexibility index (Phi) is 5.55. The molecule has 2 heteroatoms. The first-order chi connectivity index (χ1) is 9.92. The fourth-order valence-electron chi connectivity index (χ4n) is 4.67. The molecule has 0 amide bonds. The third-order valence-corrected chi connectivity index (χ3v) is 5.99. The van der Waals surface area contributed by atoms with Gasteiger partial charge in [-0.05, 0) is 44.9 Å². The van der Waals surface area contributed by atoms with Crippen molar-refractivity contribution in [1.82, 2.24) is 0 Å². The van der Waals surface area contributed by atoms with E-state index >= 15 is 0 Å². The van der Waals surface area contributed by atoms with Gasteiger partial charge in [0, 0.05) is 5.92 Å². The lowest BCUT2D eigenvalue weighted by Gasteiger charge is -2.35. The molecule has 0 spiro atoms. The lowest BCUT2D eigenvalue weighted by Crippen LogP contribution is -3.29. The summed E-state index contributed by atoms with van der Waals surface area (Å²) in [5.74, 6) is 0.981. The summed E-state index contributed by atoms with van der Waals surface area (Å²) in [6.45, 7) is 7.21. The van der Waals surface area contributed by atoms with Gasteiger partial charge in [0.25, 0.3) is 0 Å². The van der Waals surface area contributed by atoms with E-state index in [9.17, 15) is 0 Å². The second kappa shape index (κ2) is 7.61. The highest BCUT2D eigenvalue weighted by Gasteiger charge is 2.30. The van der Waals surface area contributed by atoms with Crippen molar-refractivity contribution in [3.8, 4) is 0 Å². The van der Waals surface area contributed by atoms with Crippen molar-refractivity contribution in [3.63, 3.8) is 0 Å². The number of piperazine rings is 1. The summed E-state index contributed by atoms with van der Waals surface area (Å²) in [5.41, 5.74) is 0. The van der Waals surface area contributed by atoms with Crippen LogP contribution in [0.25, 0.3) is 0 Å². The maximum atomic E-state index is 2.42. The molecule has 3 rings (SSSR count). The smallest absolute Gasteiger partial charge is 0.127 e. The molecule has 114 valence electrons. The van der Waals surface area contributed by atoms with Crippen LogP contribution in [-0.4, -0.2) is 38.8 Å². The van der Waals surface area contributed by atoms with E-state index in [1.165, 1.54) is 90.5 Å². The summed E-state index contributed by atoms with van der Waals surface area (Å²) in [6, 6.07) is 1.01. The maximum Gasteiger partial charge on any atom is 0.127 e. The Balaban J connectivity index is 1.40. The summed E-state index contributed by atoms with van der Waals surface area (Å²) in [7, 11) is 0. The average Bonchev–Trinajstić information content (AvgIpc) is 2.78. The van der Waals surface area contributed by atoms with Crippen LogP contribution in [0.15, 0.2) is 12.2 Å². The van der Waals surface area contributed by atoms with Gasteiger partial charge in [-0.2, -0.15) is 0 Å². The molecule has 1 saturated carbocycles. The molecule has 2 fully saturated rings. The highest BCUT2D eigenvalue weighted by molar-refractivity contribution is 4.89. The van der Waals surface area contributed by atoms with Gasteiger partial charge in [-0.3, -0.25) is 0 Å². The van der Waals surface area contributed by atoms with Crippen LogP contribution in [0.5, 0.6) is 0 Å². The van der Waals surface area contributed by atoms with Gasteiger partial charge < -0.3 is 9.80 Å². The van der Waals surface area contributed by atoms with Crippen molar-refractivity contribution in [3.05, 3.63) is 12.2 Å². The minimum absolute atomic E-state index is 0.981. The maximum absolute atomic E-state index is 2.42. The molecule has 1 saturated heterocycles. The fourth-order valence-corrected chi connectivity index (χ4v) is 4.67. The summed E-state index contributed by atoms with van der Waals surface area (Å²) >= 11 is 0. The summed E-state index contributed by atoms with van der Waals surface area (Å²) in [5, 5.41) is 0. The predicted octanol–water partition coefficient (Wildman–Crippen LogP) is 0.849. The third-order valence-electron chi connectivity index (χ3n) is 5.99. The molecule has 2 aliphatic carbocycles. The van der Waals surface area contributed by atoms with Crippen molar-refractivity contribution in [2.45, 2.75) is 63.8 Å². The summed E-state index contributed by atoms with van der Waals surface area (Å²) in [6.07, 6.45) is 17.9. The fraction of sp³-hybridized carbons (Fsp3) is 0.889. The molecule has 2 N–H and O–H groups in total. The highest BCUT2D eigenvalue weighted by Crippen LogP contribution is 2.16. The molecule has 0 aromatic heterocycles. The Morgan fingerprint density at radius 2 is 1.55 bits per heavy atom. The number of hydrogen-bond donors (Lipinski definition) is 2. The normalized spacial score (nSPS) is 36.7. The minimum Gasteiger partial charge on any atom is -0.325 e. The van der Waals surface area contributed by atoms with Gasteiger partial charge in [0.1, 0.15) is 26.2 Å². The number of quaternary nitrogens is 2. The van der Waals surface area contributed by atoms with Crippen LogP contribution in [-0.2, 0) is 0 Å². The second-order valence-corrected chi connectivity index (χ2v) is 7.45. The van der Waals surface area contributed by atoms with Gasteiger partial charge >= 0.3 is 0 Å². The molecule has 1 unspecified atom stereocenters. The van der Waals surface area contributed by atoms with Crippen LogP contribution in [0.3, 0.4) is 0 Å². The molecule has 2 nitrogen and oxygen atoms in total. The SMILES string of the molecule is C1=CCC(C[NH+]2CC[NH+](C3CCCCCC3)CC2)CC1. The van der Waals surface area contributed by atoms with E-state index < -0.39 is 0 Å². The van der Waals surface area contributed by atoms with E-state index in [1.807, 2.05) is 9.80 Å². The molecule has 1 atom stereocenters. The third kappa shape index (κ3) is 4.08. The van der Waals surface area contributed by atoms with Gasteiger partial charge in [0.05, 0.1) is 12.6 Å². The van der Waals surface area contributed by atoms with Gasteiger partial charge in [0.15, 0.2) is 0 Å². The van der Waals surface area contributed by atoms with Gasteiger partial charge in [0.2, 0.25) is 0 Å². The zero-order chi connectivity index (χ0) is 13.6.